The maximum atomic E-state index is 5.52. The number of nitrogens with zero attached hydrogens (tertiary/aromatic N) is 3. The van der Waals surface area contributed by atoms with E-state index in [9.17, 15) is 0 Å². The Labute approximate surface area is 123 Å². The van der Waals surface area contributed by atoms with Crippen LogP contribution in [-0.2, 0) is 0 Å². The van der Waals surface area contributed by atoms with Gasteiger partial charge in [0.15, 0.2) is 0 Å². The van der Waals surface area contributed by atoms with E-state index in [0.717, 1.165) is 22.6 Å². The van der Waals surface area contributed by atoms with E-state index in [2.05, 4.69) is 47.1 Å². The van der Waals surface area contributed by atoms with Gasteiger partial charge in [-0.05, 0) is 38.7 Å². The summed E-state index contributed by atoms with van der Waals surface area (Å²) in [6, 6.07) is 2.69. The van der Waals surface area contributed by atoms with Gasteiger partial charge in [0.05, 0.1) is 5.39 Å². The van der Waals surface area contributed by atoms with Crippen molar-refractivity contribution in [3.63, 3.8) is 0 Å². The molecule has 2 aromatic heterocycles. The molecule has 20 heavy (non-hydrogen) atoms. The molecule has 3 rings (SSSR count). The van der Waals surface area contributed by atoms with Crippen molar-refractivity contribution in [1.82, 2.24) is 9.97 Å². The van der Waals surface area contributed by atoms with Crippen molar-refractivity contribution in [3.8, 4) is 0 Å². The standard InChI is InChI=1S/C14H21N5S/c1-8-4-5-9(2)19(7-8)12-11-6-10(3)20-13(11)17-14(16-12)18-15/h6,8-9H,4-5,7,15H2,1-3H3,(H,16,17,18). The van der Waals surface area contributed by atoms with Crippen LogP contribution < -0.4 is 16.2 Å². The Morgan fingerprint density at radius 3 is 2.90 bits per heavy atom. The van der Waals surface area contributed by atoms with Gasteiger partial charge in [-0.15, -0.1) is 11.3 Å². The summed E-state index contributed by atoms with van der Waals surface area (Å²) in [5.74, 6) is 7.74. The van der Waals surface area contributed by atoms with Gasteiger partial charge in [0.1, 0.15) is 10.6 Å². The molecule has 1 saturated heterocycles. The average Bonchev–Trinajstić information content (AvgIpc) is 2.80. The Hall–Kier alpha value is -1.40. The van der Waals surface area contributed by atoms with Crippen molar-refractivity contribution in [3.05, 3.63) is 10.9 Å². The van der Waals surface area contributed by atoms with Crippen molar-refractivity contribution in [2.75, 3.05) is 16.9 Å². The molecule has 2 atom stereocenters. The quantitative estimate of drug-likeness (QED) is 0.658. The molecular formula is C14H21N5S. The number of nitrogens with one attached hydrogen (secondary N) is 1. The molecule has 0 amide bonds. The summed E-state index contributed by atoms with van der Waals surface area (Å²) in [5.41, 5.74) is 2.59. The summed E-state index contributed by atoms with van der Waals surface area (Å²) >= 11 is 1.69. The van der Waals surface area contributed by atoms with Crippen molar-refractivity contribution in [2.45, 2.75) is 39.7 Å². The van der Waals surface area contributed by atoms with E-state index >= 15 is 0 Å². The van der Waals surface area contributed by atoms with Gasteiger partial charge in [-0.2, -0.15) is 4.98 Å². The van der Waals surface area contributed by atoms with Crippen LogP contribution in [0.15, 0.2) is 6.07 Å². The number of aryl methyl sites for hydroxylation is 1. The molecule has 6 heteroatoms. The fourth-order valence-electron chi connectivity index (χ4n) is 2.89. The number of thiophene rings is 1. The molecule has 1 fully saturated rings. The molecule has 2 unspecified atom stereocenters. The smallest absolute Gasteiger partial charge is 0.240 e. The average molecular weight is 291 g/mol. The van der Waals surface area contributed by atoms with Gasteiger partial charge in [0.25, 0.3) is 0 Å². The lowest BCUT2D eigenvalue weighted by atomic mass is 9.95. The van der Waals surface area contributed by atoms with E-state index < -0.39 is 0 Å². The lowest BCUT2D eigenvalue weighted by Gasteiger charge is -2.38. The third-order valence-electron chi connectivity index (χ3n) is 4.01. The minimum Gasteiger partial charge on any atom is -0.353 e. The highest BCUT2D eigenvalue weighted by atomic mass is 32.1. The Bertz CT molecular complexity index is 623. The first-order valence-corrected chi connectivity index (χ1v) is 7.91. The summed E-state index contributed by atoms with van der Waals surface area (Å²) in [6.45, 7) is 7.73. The molecule has 3 heterocycles. The molecule has 0 aliphatic carbocycles. The van der Waals surface area contributed by atoms with Crippen LogP contribution in [0, 0.1) is 12.8 Å². The number of anilines is 2. The van der Waals surface area contributed by atoms with Crippen LogP contribution in [-0.4, -0.2) is 22.6 Å². The van der Waals surface area contributed by atoms with Crippen LogP contribution in [0.1, 0.15) is 31.6 Å². The number of aromatic nitrogens is 2. The fraction of sp³-hybridized carbons (Fsp3) is 0.571. The molecule has 1 aliphatic rings. The highest BCUT2D eigenvalue weighted by molar-refractivity contribution is 7.18. The zero-order valence-corrected chi connectivity index (χ0v) is 13.0. The van der Waals surface area contributed by atoms with E-state index in [1.165, 1.54) is 17.7 Å². The molecule has 1 aliphatic heterocycles. The maximum Gasteiger partial charge on any atom is 0.240 e. The molecule has 108 valence electrons. The van der Waals surface area contributed by atoms with Crippen LogP contribution in [0.2, 0.25) is 0 Å². The summed E-state index contributed by atoms with van der Waals surface area (Å²) in [5, 5.41) is 1.15. The van der Waals surface area contributed by atoms with Crippen LogP contribution in [0.3, 0.4) is 0 Å². The van der Waals surface area contributed by atoms with E-state index in [1.807, 2.05) is 0 Å². The van der Waals surface area contributed by atoms with Crippen LogP contribution in [0.4, 0.5) is 11.8 Å². The van der Waals surface area contributed by atoms with Crippen LogP contribution in [0.25, 0.3) is 10.2 Å². The van der Waals surface area contributed by atoms with Crippen molar-refractivity contribution >= 4 is 33.3 Å². The molecule has 5 nitrogen and oxygen atoms in total. The minimum absolute atomic E-state index is 0.500. The Kier molecular flexibility index (Phi) is 3.52. The number of nitrogen functional groups attached to an aromatic ring is 1. The lowest BCUT2D eigenvalue weighted by molar-refractivity contribution is 0.389. The van der Waals surface area contributed by atoms with Crippen molar-refractivity contribution in [2.24, 2.45) is 11.8 Å². The van der Waals surface area contributed by atoms with Gasteiger partial charge >= 0.3 is 0 Å². The Morgan fingerprint density at radius 2 is 2.15 bits per heavy atom. The summed E-state index contributed by atoms with van der Waals surface area (Å²) in [6.07, 6.45) is 2.50. The topological polar surface area (TPSA) is 67.1 Å². The Balaban J connectivity index is 2.12. The molecule has 0 aromatic carbocycles. The zero-order chi connectivity index (χ0) is 14.3. The highest BCUT2D eigenvalue weighted by Crippen LogP contribution is 2.35. The molecule has 0 saturated carbocycles. The molecular weight excluding hydrogens is 270 g/mol. The number of hydrogen-bond donors (Lipinski definition) is 2. The minimum atomic E-state index is 0.500. The number of fused-ring (bicyclic) bond motifs is 1. The zero-order valence-electron chi connectivity index (χ0n) is 12.2. The number of nitrogens with two attached hydrogens (primary N) is 1. The van der Waals surface area contributed by atoms with Crippen molar-refractivity contribution < 1.29 is 0 Å². The maximum absolute atomic E-state index is 5.52. The molecule has 3 N–H and O–H groups in total. The van der Waals surface area contributed by atoms with Gasteiger partial charge in [0.2, 0.25) is 5.95 Å². The second-order valence-electron chi connectivity index (χ2n) is 5.77. The first-order valence-electron chi connectivity index (χ1n) is 7.10. The number of hydrogen-bond acceptors (Lipinski definition) is 6. The molecule has 2 aromatic rings. The number of hydrazine groups is 1. The van der Waals surface area contributed by atoms with E-state index in [4.69, 9.17) is 5.84 Å². The van der Waals surface area contributed by atoms with Crippen LogP contribution in [0.5, 0.6) is 0 Å². The monoisotopic (exact) mass is 291 g/mol. The van der Waals surface area contributed by atoms with Gasteiger partial charge in [-0.1, -0.05) is 6.92 Å². The Morgan fingerprint density at radius 1 is 1.35 bits per heavy atom. The highest BCUT2D eigenvalue weighted by Gasteiger charge is 2.26. The van der Waals surface area contributed by atoms with Gasteiger partial charge in [-0.3, -0.25) is 5.43 Å². The van der Waals surface area contributed by atoms with Gasteiger partial charge in [0, 0.05) is 17.5 Å². The summed E-state index contributed by atoms with van der Waals surface area (Å²) in [7, 11) is 0. The third-order valence-corrected chi connectivity index (χ3v) is 4.96. The first-order chi connectivity index (χ1) is 9.58. The SMILES string of the molecule is Cc1cc2c(N3CC(C)CCC3C)nc(NN)nc2s1. The molecule has 0 radical (unpaired) electrons. The third kappa shape index (κ3) is 2.33. The van der Waals surface area contributed by atoms with E-state index in [-0.39, 0.29) is 0 Å². The first kappa shape index (κ1) is 13.6. The van der Waals surface area contributed by atoms with Gasteiger partial charge < -0.3 is 4.90 Å². The predicted octanol–water partition coefficient (Wildman–Crippen LogP) is 2.91. The van der Waals surface area contributed by atoms with E-state index in [1.54, 1.807) is 11.3 Å². The lowest BCUT2D eigenvalue weighted by Crippen LogP contribution is -2.41. The largest absolute Gasteiger partial charge is 0.353 e. The molecule has 0 bridgehead atoms. The predicted molar refractivity (Wildman–Crippen MR) is 85.2 cm³/mol. The second-order valence-corrected chi connectivity index (χ2v) is 7.01. The van der Waals surface area contributed by atoms with E-state index in [0.29, 0.717) is 17.9 Å². The second kappa shape index (κ2) is 5.18. The van der Waals surface area contributed by atoms with Crippen molar-refractivity contribution in [1.29, 1.82) is 0 Å². The fourth-order valence-corrected chi connectivity index (χ4v) is 3.77. The normalized spacial score (nSPS) is 23.3. The molecule has 0 spiro atoms. The number of piperidine rings is 1. The number of rotatable bonds is 2. The summed E-state index contributed by atoms with van der Waals surface area (Å²) < 4.78 is 0. The van der Waals surface area contributed by atoms with Gasteiger partial charge in [-0.25, -0.2) is 10.8 Å². The summed E-state index contributed by atoms with van der Waals surface area (Å²) in [4.78, 5) is 13.8. The van der Waals surface area contributed by atoms with Crippen LogP contribution >= 0.6 is 11.3 Å².